The Morgan fingerprint density at radius 2 is 2.50 bits per heavy atom. The predicted octanol–water partition coefficient (Wildman–Crippen LogP) is 0.917. The SMILES string of the molecule is CC/C=C/N=CNO. The number of nitrogens with one attached hydrogen (secondary N) is 1. The van der Waals surface area contributed by atoms with Crippen molar-refractivity contribution in [3.8, 4) is 0 Å². The highest BCUT2D eigenvalue weighted by Crippen LogP contribution is 1.77. The molecule has 0 aliphatic heterocycles. The van der Waals surface area contributed by atoms with E-state index in [0.717, 1.165) is 6.42 Å². The number of rotatable bonds is 3. The van der Waals surface area contributed by atoms with E-state index in [2.05, 4.69) is 4.99 Å². The lowest BCUT2D eigenvalue weighted by Crippen LogP contribution is -2.00. The van der Waals surface area contributed by atoms with E-state index in [4.69, 9.17) is 5.21 Å². The first-order chi connectivity index (χ1) is 3.91. The largest absolute Gasteiger partial charge is 0.290 e. The molecule has 0 aromatic carbocycles. The molecule has 2 N–H and O–H groups in total. The number of allylic oxidation sites excluding steroid dienone is 1. The Hall–Kier alpha value is -0.830. The van der Waals surface area contributed by atoms with Crippen LogP contribution in [0.1, 0.15) is 13.3 Å². The van der Waals surface area contributed by atoms with Gasteiger partial charge in [0.25, 0.3) is 0 Å². The van der Waals surface area contributed by atoms with Crippen molar-refractivity contribution in [1.29, 1.82) is 0 Å². The summed E-state index contributed by atoms with van der Waals surface area (Å²) in [5, 5.41) is 7.93. The second-order valence-electron chi connectivity index (χ2n) is 1.20. The molecular formula is C5H10N2O. The molecule has 46 valence electrons. The zero-order chi connectivity index (χ0) is 6.24. The fourth-order valence-corrected chi connectivity index (χ4v) is 0.243. The van der Waals surface area contributed by atoms with E-state index in [9.17, 15) is 0 Å². The smallest absolute Gasteiger partial charge is 0.112 e. The fourth-order valence-electron chi connectivity index (χ4n) is 0.243. The molecule has 3 heteroatoms. The van der Waals surface area contributed by atoms with Crippen molar-refractivity contribution < 1.29 is 5.21 Å². The molecule has 0 aromatic heterocycles. The van der Waals surface area contributed by atoms with Gasteiger partial charge < -0.3 is 0 Å². The van der Waals surface area contributed by atoms with Crippen LogP contribution in [-0.4, -0.2) is 11.5 Å². The van der Waals surface area contributed by atoms with E-state index in [1.165, 1.54) is 6.34 Å². The molecule has 0 atom stereocenters. The number of aliphatic imine (C=N–C) groups is 1. The third-order valence-corrected chi connectivity index (χ3v) is 0.559. The van der Waals surface area contributed by atoms with Crippen molar-refractivity contribution in [3.63, 3.8) is 0 Å². The van der Waals surface area contributed by atoms with Gasteiger partial charge in [0, 0.05) is 6.20 Å². The van der Waals surface area contributed by atoms with Crippen molar-refractivity contribution >= 4 is 6.34 Å². The van der Waals surface area contributed by atoms with Crippen LogP contribution in [0.25, 0.3) is 0 Å². The van der Waals surface area contributed by atoms with Crippen LogP contribution >= 0.6 is 0 Å². The zero-order valence-corrected chi connectivity index (χ0v) is 4.83. The van der Waals surface area contributed by atoms with E-state index in [1.54, 1.807) is 11.7 Å². The quantitative estimate of drug-likeness (QED) is 0.325. The number of hydroxylamine groups is 1. The topological polar surface area (TPSA) is 44.6 Å². The van der Waals surface area contributed by atoms with Gasteiger partial charge in [0.15, 0.2) is 0 Å². The van der Waals surface area contributed by atoms with Crippen LogP contribution in [0, 0.1) is 0 Å². The van der Waals surface area contributed by atoms with Crippen LogP contribution in [0.3, 0.4) is 0 Å². The number of hydrogen-bond donors (Lipinski definition) is 2. The molecule has 3 nitrogen and oxygen atoms in total. The minimum atomic E-state index is 0.961. The average Bonchev–Trinajstić information content (AvgIpc) is 1.81. The third-order valence-electron chi connectivity index (χ3n) is 0.559. The highest BCUT2D eigenvalue weighted by molar-refractivity contribution is 5.53. The minimum Gasteiger partial charge on any atom is -0.290 e. The maximum absolute atomic E-state index is 7.93. The molecule has 0 heterocycles. The summed E-state index contributed by atoms with van der Waals surface area (Å²) in [6.07, 6.45) is 5.66. The van der Waals surface area contributed by atoms with E-state index in [0.29, 0.717) is 0 Å². The van der Waals surface area contributed by atoms with Gasteiger partial charge in [-0.15, -0.1) is 0 Å². The van der Waals surface area contributed by atoms with Crippen LogP contribution < -0.4 is 5.48 Å². The van der Waals surface area contributed by atoms with Gasteiger partial charge in [-0.3, -0.25) is 10.7 Å². The second-order valence-corrected chi connectivity index (χ2v) is 1.20. The molecule has 0 amide bonds. The highest BCUT2D eigenvalue weighted by Gasteiger charge is 1.60. The Morgan fingerprint density at radius 1 is 1.75 bits per heavy atom. The van der Waals surface area contributed by atoms with Crippen LogP contribution in [0.15, 0.2) is 17.3 Å². The van der Waals surface area contributed by atoms with Gasteiger partial charge >= 0.3 is 0 Å². The highest BCUT2D eigenvalue weighted by atomic mass is 16.5. The van der Waals surface area contributed by atoms with Crippen molar-refractivity contribution in [2.75, 3.05) is 0 Å². The lowest BCUT2D eigenvalue weighted by atomic mass is 10.5. The summed E-state index contributed by atoms with van der Waals surface area (Å²) >= 11 is 0. The van der Waals surface area contributed by atoms with Gasteiger partial charge in [-0.1, -0.05) is 13.0 Å². The second kappa shape index (κ2) is 6.17. The summed E-state index contributed by atoms with van der Waals surface area (Å²) in [7, 11) is 0. The molecule has 0 bridgehead atoms. The first-order valence-corrected chi connectivity index (χ1v) is 2.48. The summed E-state index contributed by atoms with van der Waals surface area (Å²) in [5.74, 6) is 0. The molecular weight excluding hydrogens is 104 g/mol. The lowest BCUT2D eigenvalue weighted by Gasteiger charge is -1.78. The van der Waals surface area contributed by atoms with Gasteiger partial charge in [-0.2, -0.15) is 0 Å². The summed E-state index contributed by atoms with van der Waals surface area (Å²) in [4.78, 5) is 3.61. The molecule has 0 spiro atoms. The standard InChI is InChI=1S/C5H10N2O/c1-2-3-4-6-5-7-8/h3-5,8H,2H2,1H3,(H,6,7)/b4-3+. The maximum atomic E-state index is 7.93. The molecule has 0 aromatic rings. The van der Waals surface area contributed by atoms with Gasteiger partial charge in [-0.25, -0.2) is 4.99 Å². The monoisotopic (exact) mass is 114 g/mol. The van der Waals surface area contributed by atoms with Crippen molar-refractivity contribution in [3.05, 3.63) is 12.3 Å². The summed E-state index contributed by atoms with van der Waals surface area (Å²) in [6.45, 7) is 2.01. The van der Waals surface area contributed by atoms with Crippen LogP contribution in [0.2, 0.25) is 0 Å². The Labute approximate surface area is 48.7 Å². The molecule has 0 aliphatic rings. The fraction of sp³-hybridized carbons (Fsp3) is 0.400. The Bertz CT molecular complexity index is 76.4. The van der Waals surface area contributed by atoms with Crippen molar-refractivity contribution in [1.82, 2.24) is 5.48 Å². The van der Waals surface area contributed by atoms with E-state index < -0.39 is 0 Å². The van der Waals surface area contributed by atoms with Crippen LogP contribution in [-0.2, 0) is 0 Å². The number of nitrogens with zero attached hydrogens (tertiary/aromatic N) is 1. The maximum Gasteiger partial charge on any atom is 0.112 e. The first-order valence-electron chi connectivity index (χ1n) is 2.48. The Balaban J connectivity index is 3.13. The van der Waals surface area contributed by atoms with E-state index >= 15 is 0 Å². The molecule has 0 fully saturated rings. The van der Waals surface area contributed by atoms with Gasteiger partial charge in [0.1, 0.15) is 6.34 Å². The summed E-state index contributed by atoms with van der Waals surface area (Å²) in [5.41, 5.74) is 1.78. The van der Waals surface area contributed by atoms with E-state index in [-0.39, 0.29) is 0 Å². The first kappa shape index (κ1) is 7.17. The van der Waals surface area contributed by atoms with Gasteiger partial charge in [-0.05, 0) is 6.42 Å². The normalized spacial score (nSPS) is 11.2. The molecule has 8 heavy (non-hydrogen) atoms. The van der Waals surface area contributed by atoms with Gasteiger partial charge in [0.05, 0.1) is 0 Å². The molecule has 0 saturated heterocycles. The average molecular weight is 114 g/mol. The summed E-state index contributed by atoms with van der Waals surface area (Å²) < 4.78 is 0. The number of hydrogen-bond acceptors (Lipinski definition) is 2. The third kappa shape index (κ3) is 5.17. The molecule has 0 unspecified atom stereocenters. The van der Waals surface area contributed by atoms with Crippen LogP contribution in [0.4, 0.5) is 0 Å². The molecule has 0 rings (SSSR count). The zero-order valence-electron chi connectivity index (χ0n) is 4.83. The minimum absolute atomic E-state index is 0.961. The van der Waals surface area contributed by atoms with Gasteiger partial charge in [0.2, 0.25) is 0 Å². The Kier molecular flexibility index (Phi) is 5.53. The Morgan fingerprint density at radius 3 is 3.00 bits per heavy atom. The molecule has 0 saturated carbocycles. The van der Waals surface area contributed by atoms with Crippen molar-refractivity contribution in [2.24, 2.45) is 4.99 Å². The molecule has 0 aliphatic carbocycles. The van der Waals surface area contributed by atoms with Crippen molar-refractivity contribution in [2.45, 2.75) is 13.3 Å². The van der Waals surface area contributed by atoms with Crippen LogP contribution in [0.5, 0.6) is 0 Å². The summed E-state index contributed by atoms with van der Waals surface area (Å²) in [6, 6.07) is 0. The van der Waals surface area contributed by atoms with E-state index in [1.807, 2.05) is 13.0 Å². The molecule has 0 radical (unpaired) electrons. The predicted molar refractivity (Wildman–Crippen MR) is 32.8 cm³/mol. The lowest BCUT2D eigenvalue weighted by molar-refractivity contribution is 0.240.